The second-order valence-corrected chi connectivity index (χ2v) is 6.02. The topological polar surface area (TPSA) is 55.4 Å². The van der Waals surface area contributed by atoms with E-state index in [4.69, 9.17) is 4.74 Å². The Hall–Kier alpha value is -2.10. The van der Waals surface area contributed by atoms with Crippen molar-refractivity contribution in [3.05, 3.63) is 47.5 Å². The standard InChI is InChI=1S/C18H21NO3/c1-22-18(21)16(12-7-3-2-4-8-12)19-17(20)15-11-13-9-5-6-10-14(13)15/h2-4,7-8,11,13-14,16H,5-6,9-10H2,1H3,(H,19,20). The molecule has 1 fully saturated rings. The molecule has 0 heterocycles. The molecular weight excluding hydrogens is 278 g/mol. The van der Waals surface area contributed by atoms with Crippen LogP contribution in [0.2, 0.25) is 0 Å². The summed E-state index contributed by atoms with van der Waals surface area (Å²) in [6, 6.07) is 8.46. The van der Waals surface area contributed by atoms with Crippen LogP contribution in [0.25, 0.3) is 0 Å². The number of amides is 1. The first-order chi connectivity index (χ1) is 10.7. The molecule has 2 aliphatic rings. The number of methoxy groups -OCH3 is 1. The summed E-state index contributed by atoms with van der Waals surface area (Å²) in [4.78, 5) is 24.5. The highest BCUT2D eigenvalue weighted by molar-refractivity contribution is 5.98. The molecule has 4 heteroatoms. The largest absolute Gasteiger partial charge is 0.467 e. The Labute approximate surface area is 130 Å². The van der Waals surface area contributed by atoms with Gasteiger partial charge in [-0.1, -0.05) is 49.2 Å². The van der Waals surface area contributed by atoms with Gasteiger partial charge in [0.15, 0.2) is 6.04 Å². The molecule has 1 saturated carbocycles. The summed E-state index contributed by atoms with van der Waals surface area (Å²) < 4.78 is 4.83. The van der Waals surface area contributed by atoms with Gasteiger partial charge in [-0.2, -0.15) is 0 Å². The van der Waals surface area contributed by atoms with E-state index in [1.54, 1.807) is 0 Å². The molecule has 1 N–H and O–H groups in total. The molecule has 22 heavy (non-hydrogen) atoms. The third kappa shape index (κ3) is 2.78. The van der Waals surface area contributed by atoms with E-state index in [1.165, 1.54) is 26.4 Å². The summed E-state index contributed by atoms with van der Waals surface area (Å²) in [6.07, 6.45) is 6.77. The molecule has 3 atom stereocenters. The smallest absolute Gasteiger partial charge is 0.333 e. The Morgan fingerprint density at radius 1 is 1.18 bits per heavy atom. The first kappa shape index (κ1) is 14.8. The number of benzene rings is 1. The van der Waals surface area contributed by atoms with Crippen molar-refractivity contribution in [2.45, 2.75) is 31.7 Å². The molecular formula is C18H21NO3. The van der Waals surface area contributed by atoms with Crippen LogP contribution in [0, 0.1) is 11.8 Å². The van der Waals surface area contributed by atoms with Crippen LogP contribution in [-0.4, -0.2) is 19.0 Å². The molecule has 0 aromatic heterocycles. The maximum atomic E-state index is 12.5. The second-order valence-electron chi connectivity index (χ2n) is 6.02. The van der Waals surface area contributed by atoms with Gasteiger partial charge in [0.2, 0.25) is 5.91 Å². The van der Waals surface area contributed by atoms with E-state index in [0.717, 1.165) is 17.6 Å². The van der Waals surface area contributed by atoms with Crippen LogP contribution in [0.5, 0.6) is 0 Å². The van der Waals surface area contributed by atoms with E-state index in [-0.39, 0.29) is 5.91 Å². The number of esters is 1. The predicted molar refractivity (Wildman–Crippen MR) is 82.9 cm³/mol. The van der Waals surface area contributed by atoms with Gasteiger partial charge in [-0.25, -0.2) is 4.79 Å². The molecule has 0 aliphatic heterocycles. The minimum atomic E-state index is -0.748. The highest BCUT2D eigenvalue weighted by Crippen LogP contribution is 2.44. The predicted octanol–water partition coefficient (Wildman–Crippen LogP) is 2.76. The van der Waals surface area contributed by atoms with Gasteiger partial charge in [0.1, 0.15) is 0 Å². The van der Waals surface area contributed by atoms with Crippen LogP contribution >= 0.6 is 0 Å². The zero-order chi connectivity index (χ0) is 15.5. The molecule has 0 spiro atoms. The Morgan fingerprint density at radius 3 is 2.59 bits per heavy atom. The van der Waals surface area contributed by atoms with Crippen molar-refractivity contribution in [2.75, 3.05) is 7.11 Å². The first-order valence-electron chi connectivity index (χ1n) is 7.86. The number of fused-ring (bicyclic) bond motifs is 1. The zero-order valence-corrected chi connectivity index (χ0v) is 12.7. The molecule has 1 amide bonds. The maximum Gasteiger partial charge on any atom is 0.333 e. The second kappa shape index (κ2) is 6.34. The summed E-state index contributed by atoms with van der Waals surface area (Å²) in [5.41, 5.74) is 1.58. The monoisotopic (exact) mass is 299 g/mol. The average molecular weight is 299 g/mol. The fourth-order valence-electron chi connectivity index (χ4n) is 3.48. The van der Waals surface area contributed by atoms with Crippen LogP contribution in [-0.2, 0) is 14.3 Å². The summed E-state index contributed by atoms with van der Waals surface area (Å²) in [5, 5.41) is 2.84. The van der Waals surface area contributed by atoms with E-state index < -0.39 is 12.0 Å². The number of rotatable bonds is 4. The van der Waals surface area contributed by atoms with Crippen molar-refractivity contribution >= 4 is 11.9 Å². The van der Waals surface area contributed by atoms with E-state index in [9.17, 15) is 9.59 Å². The van der Waals surface area contributed by atoms with Crippen molar-refractivity contribution in [1.29, 1.82) is 0 Å². The Bertz CT molecular complexity index is 594. The zero-order valence-electron chi connectivity index (χ0n) is 12.7. The molecule has 3 rings (SSSR count). The molecule has 0 radical (unpaired) electrons. The summed E-state index contributed by atoms with van der Waals surface area (Å²) in [6.45, 7) is 0. The van der Waals surface area contributed by atoms with Gasteiger partial charge in [-0.15, -0.1) is 0 Å². The quantitative estimate of drug-likeness (QED) is 0.870. The number of nitrogens with one attached hydrogen (secondary N) is 1. The van der Waals surface area contributed by atoms with Gasteiger partial charge in [0.05, 0.1) is 7.11 Å². The van der Waals surface area contributed by atoms with Gasteiger partial charge in [0.25, 0.3) is 0 Å². The van der Waals surface area contributed by atoms with Crippen molar-refractivity contribution in [2.24, 2.45) is 11.8 Å². The van der Waals surface area contributed by atoms with Crippen LogP contribution in [0.4, 0.5) is 0 Å². The number of allylic oxidation sites excluding steroid dienone is 1. The van der Waals surface area contributed by atoms with E-state index in [1.807, 2.05) is 30.3 Å². The van der Waals surface area contributed by atoms with E-state index in [0.29, 0.717) is 11.8 Å². The summed E-state index contributed by atoms with van der Waals surface area (Å²) >= 11 is 0. The Kier molecular flexibility index (Phi) is 4.27. The fourth-order valence-corrected chi connectivity index (χ4v) is 3.48. The van der Waals surface area contributed by atoms with Crippen LogP contribution in [0.3, 0.4) is 0 Å². The van der Waals surface area contributed by atoms with Crippen LogP contribution in [0.1, 0.15) is 37.3 Å². The van der Waals surface area contributed by atoms with Gasteiger partial charge in [-0.05, 0) is 30.2 Å². The molecule has 1 aromatic carbocycles. The molecule has 2 aliphatic carbocycles. The van der Waals surface area contributed by atoms with Crippen LogP contribution in [0.15, 0.2) is 42.0 Å². The lowest BCUT2D eigenvalue weighted by Gasteiger charge is -2.39. The van der Waals surface area contributed by atoms with Crippen LogP contribution < -0.4 is 5.32 Å². The van der Waals surface area contributed by atoms with Gasteiger partial charge >= 0.3 is 5.97 Å². The fraction of sp³-hybridized carbons (Fsp3) is 0.444. The molecule has 3 unspecified atom stereocenters. The van der Waals surface area contributed by atoms with E-state index in [2.05, 4.69) is 11.4 Å². The number of hydrogen-bond acceptors (Lipinski definition) is 3. The number of ether oxygens (including phenoxy) is 1. The minimum absolute atomic E-state index is 0.137. The lowest BCUT2D eigenvalue weighted by Crippen LogP contribution is -2.41. The average Bonchev–Trinajstić information content (AvgIpc) is 2.54. The van der Waals surface area contributed by atoms with Crippen molar-refractivity contribution in [3.63, 3.8) is 0 Å². The molecule has 116 valence electrons. The van der Waals surface area contributed by atoms with Crippen molar-refractivity contribution in [3.8, 4) is 0 Å². The normalized spacial score (nSPS) is 24.3. The highest BCUT2D eigenvalue weighted by Gasteiger charge is 2.38. The number of carbonyl (C=O) groups is 2. The molecule has 0 saturated heterocycles. The maximum absolute atomic E-state index is 12.5. The first-order valence-corrected chi connectivity index (χ1v) is 7.86. The van der Waals surface area contributed by atoms with Crippen molar-refractivity contribution < 1.29 is 14.3 Å². The van der Waals surface area contributed by atoms with Crippen molar-refractivity contribution in [1.82, 2.24) is 5.32 Å². The third-order valence-corrected chi connectivity index (χ3v) is 4.72. The van der Waals surface area contributed by atoms with Gasteiger partial charge < -0.3 is 10.1 Å². The van der Waals surface area contributed by atoms with Gasteiger partial charge in [-0.3, -0.25) is 4.79 Å². The SMILES string of the molecule is COC(=O)C(NC(=O)C1=CC2CCCCC12)c1ccccc1. The summed E-state index contributed by atoms with van der Waals surface area (Å²) in [7, 11) is 1.34. The highest BCUT2D eigenvalue weighted by atomic mass is 16.5. The molecule has 0 bridgehead atoms. The lowest BCUT2D eigenvalue weighted by atomic mass is 9.66. The van der Waals surface area contributed by atoms with Gasteiger partial charge in [0, 0.05) is 5.57 Å². The third-order valence-electron chi connectivity index (χ3n) is 4.72. The molecule has 1 aromatic rings. The molecule has 4 nitrogen and oxygen atoms in total. The Balaban J connectivity index is 1.74. The van der Waals surface area contributed by atoms with E-state index >= 15 is 0 Å². The Morgan fingerprint density at radius 2 is 1.91 bits per heavy atom. The minimum Gasteiger partial charge on any atom is -0.467 e. The summed E-state index contributed by atoms with van der Waals surface area (Å²) in [5.74, 6) is 0.354. The lowest BCUT2D eigenvalue weighted by molar-refractivity contribution is -0.145. The number of hydrogen-bond donors (Lipinski definition) is 1. The number of carbonyl (C=O) groups excluding carboxylic acids is 2.